The topological polar surface area (TPSA) is 183 Å². The van der Waals surface area contributed by atoms with Gasteiger partial charge in [0.15, 0.2) is 0 Å². The van der Waals surface area contributed by atoms with Crippen LogP contribution in [-0.4, -0.2) is 114 Å². The molecule has 5 N–H and O–H groups in total. The van der Waals surface area contributed by atoms with Gasteiger partial charge in [-0.3, -0.25) is 29.8 Å². The summed E-state index contributed by atoms with van der Waals surface area (Å²) in [4.78, 5) is 52.2. The smallest absolute Gasteiger partial charge is 0.237 e. The Kier molecular flexibility index (Phi) is 12.0. The predicted molar refractivity (Wildman–Crippen MR) is 202 cm³/mol. The van der Waals surface area contributed by atoms with Gasteiger partial charge in [-0.1, -0.05) is 0 Å². The molecule has 2 atom stereocenters. The zero-order chi connectivity index (χ0) is 36.7. The fourth-order valence-corrected chi connectivity index (χ4v) is 6.50. The number of likely N-dealkylation sites (tertiary alicyclic amines) is 1. The lowest BCUT2D eigenvalue weighted by Gasteiger charge is -2.41. The van der Waals surface area contributed by atoms with Crippen LogP contribution in [0, 0.1) is 11.3 Å². The number of nitrogens with zero attached hydrogens (tertiary/aromatic N) is 8. The van der Waals surface area contributed by atoms with Gasteiger partial charge in [-0.2, -0.15) is 0 Å². The highest BCUT2D eigenvalue weighted by Gasteiger charge is 2.35. The van der Waals surface area contributed by atoms with Crippen LogP contribution < -0.4 is 26.0 Å². The van der Waals surface area contributed by atoms with E-state index in [2.05, 4.69) is 36.7 Å². The fourth-order valence-electron chi connectivity index (χ4n) is 6.50. The van der Waals surface area contributed by atoms with Crippen LogP contribution in [0.5, 0.6) is 5.88 Å². The van der Waals surface area contributed by atoms with Crippen molar-refractivity contribution in [1.29, 1.82) is 5.41 Å². The minimum atomic E-state index is -0.275. The molecule has 2 aliphatic heterocycles. The van der Waals surface area contributed by atoms with Crippen molar-refractivity contribution in [2.24, 2.45) is 21.6 Å². The van der Waals surface area contributed by atoms with Crippen molar-refractivity contribution in [3.63, 3.8) is 0 Å². The van der Waals surface area contributed by atoms with Crippen molar-refractivity contribution in [3.8, 4) is 5.88 Å². The van der Waals surface area contributed by atoms with Gasteiger partial charge in [0.05, 0.1) is 30.0 Å². The molecule has 0 radical (unpaired) electrons. The van der Waals surface area contributed by atoms with Crippen LogP contribution in [0.3, 0.4) is 0 Å². The van der Waals surface area contributed by atoms with Gasteiger partial charge in [0.1, 0.15) is 23.7 Å². The molecule has 2 fully saturated rings. The van der Waals surface area contributed by atoms with Crippen molar-refractivity contribution in [3.05, 3.63) is 71.5 Å². The molecule has 1 aromatic carbocycles. The van der Waals surface area contributed by atoms with Gasteiger partial charge < -0.3 is 26.0 Å². The molecule has 2 saturated heterocycles. The molecule has 0 aliphatic carbocycles. The number of pyridine rings is 2. The maximum Gasteiger partial charge on any atom is 0.237 e. The number of aromatic nitrogens is 2. The first kappa shape index (κ1) is 36.9. The van der Waals surface area contributed by atoms with Crippen LogP contribution in [0.4, 0.5) is 17.2 Å². The molecule has 14 nitrogen and oxygen atoms in total. The van der Waals surface area contributed by atoms with E-state index >= 15 is 0 Å². The Morgan fingerprint density at radius 1 is 1.08 bits per heavy atom. The van der Waals surface area contributed by atoms with Crippen molar-refractivity contribution in [2.45, 2.75) is 46.3 Å². The van der Waals surface area contributed by atoms with Gasteiger partial charge in [-0.15, -0.1) is 0 Å². The molecule has 51 heavy (non-hydrogen) atoms. The van der Waals surface area contributed by atoms with Crippen LogP contribution >= 0.6 is 0 Å². The summed E-state index contributed by atoms with van der Waals surface area (Å²) in [6.45, 7) is 11.7. The van der Waals surface area contributed by atoms with Gasteiger partial charge in [-0.25, -0.2) is 15.0 Å². The number of rotatable bonds is 12. The molecular formula is C37H49N11O3. The van der Waals surface area contributed by atoms with Crippen molar-refractivity contribution < 1.29 is 14.3 Å². The van der Waals surface area contributed by atoms with Crippen molar-refractivity contribution in [2.75, 3.05) is 68.4 Å². The average Bonchev–Trinajstić information content (AvgIpc) is 3.59. The SMILES string of the molecule is CCN(C(=O)C1CCN(CC(=O)N2CCN(c3ccc(C(N)=NC=NC)cc3)C[C@H]2C)C1)c1ccc(N)c(C(=N)c2ccc(OC(C)C)nc2)n1. The molecule has 2 amide bonds. The first-order valence-electron chi connectivity index (χ1n) is 17.4. The van der Waals surface area contributed by atoms with E-state index in [0.717, 1.165) is 17.8 Å². The second-order valence-corrected chi connectivity index (χ2v) is 13.2. The first-order valence-corrected chi connectivity index (χ1v) is 17.4. The summed E-state index contributed by atoms with van der Waals surface area (Å²) >= 11 is 0. The highest BCUT2D eigenvalue weighted by molar-refractivity contribution is 6.12. The lowest BCUT2D eigenvalue weighted by Crippen LogP contribution is -2.56. The van der Waals surface area contributed by atoms with Crippen LogP contribution in [0.1, 0.15) is 50.9 Å². The van der Waals surface area contributed by atoms with Gasteiger partial charge in [0, 0.05) is 74.9 Å². The number of carbonyl (C=O) groups excluding carboxylic acids is 2. The minimum absolute atomic E-state index is 0.0171. The summed E-state index contributed by atoms with van der Waals surface area (Å²) in [7, 11) is 1.64. The molecule has 1 unspecified atom stereocenters. The molecule has 5 rings (SSSR count). The van der Waals surface area contributed by atoms with Crippen LogP contribution in [-0.2, 0) is 9.59 Å². The molecule has 2 aromatic heterocycles. The standard InChI is InChI=1S/C37H49N11O3/c1-6-47(31-13-12-30(38)35(44-31)34(39)27-9-14-32(42-19-27)51-24(2)3)37(50)28-15-16-45(21-28)22-33(49)48-18-17-46(20-25(48)4)29-10-7-26(8-11-29)36(40)43-23-41-5/h7-14,19,23-25,28,39H,6,15-18,20-22,38H2,1-5H3,(H2,40,41,43)/t25-,28?/m1/s1. The number of carbonyl (C=O) groups is 2. The quantitative estimate of drug-likeness (QED) is 0.189. The molecule has 0 bridgehead atoms. The first-order chi connectivity index (χ1) is 24.5. The second kappa shape index (κ2) is 16.6. The Bertz CT molecular complexity index is 1760. The molecular weight excluding hydrogens is 646 g/mol. The lowest BCUT2D eigenvalue weighted by molar-refractivity contribution is -0.134. The van der Waals surface area contributed by atoms with Gasteiger partial charge >= 0.3 is 0 Å². The summed E-state index contributed by atoms with van der Waals surface area (Å²) in [5, 5.41) is 8.79. The number of nitrogens with two attached hydrogens (primary N) is 2. The molecule has 3 aromatic rings. The summed E-state index contributed by atoms with van der Waals surface area (Å²) in [5.74, 6) is 1.05. The van der Waals surface area contributed by atoms with Crippen LogP contribution in [0.25, 0.3) is 0 Å². The second-order valence-electron chi connectivity index (χ2n) is 13.2. The number of nitrogens with one attached hydrogen (secondary N) is 1. The van der Waals surface area contributed by atoms with E-state index in [1.807, 2.05) is 49.9 Å². The van der Waals surface area contributed by atoms with E-state index in [0.29, 0.717) is 67.9 Å². The van der Waals surface area contributed by atoms with E-state index in [9.17, 15) is 9.59 Å². The van der Waals surface area contributed by atoms with Crippen molar-refractivity contribution in [1.82, 2.24) is 19.8 Å². The molecule has 0 saturated carbocycles. The third-order valence-corrected chi connectivity index (χ3v) is 9.16. The van der Waals surface area contributed by atoms with Crippen LogP contribution in [0.15, 0.2) is 64.7 Å². The summed E-state index contributed by atoms with van der Waals surface area (Å²) in [6.07, 6.45) is 3.62. The zero-order valence-electron chi connectivity index (χ0n) is 30.1. The Morgan fingerprint density at radius 3 is 2.47 bits per heavy atom. The minimum Gasteiger partial charge on any atom is -0.475 e. The number of benzene rings is 1. The number of amidine groups is 1. The summed E-state index contributed by atoms with van der Waals surface area (Å²) in [6, 6.07) is 14.8. The Hall–Kier alpha value is -5.37. The summed E-state index contributed by atoms with van der Waals surface area (Å²) in [5.41, 5.74) is 15.4. The highest BCUT2D eigenvalue weighted by Crippen LogP contribution is 2.26. The normalized spacial score (nSPS) is 18.4. The Balaban J connectivity index is 1.16. The van der Waals surface area contributed by atoms with Gasteiger partial charge in [-0.05, 0) is 83.1 Å². The van der Waals surface area contributed by atoms with E-state index in [4.69, 9.17) is 21.6 Å². The predicted octanol–water partition coefficient (Wildman–Crippen LogP) is 3.04. The zero-order valence-corrected chi connectivity index (χ0v) is 30.1. The number of nitrogen functional groups attached to an aromatic ring is 1. The Morgan fingerprint density at radius 2 is 1.82 bits per heavy atom. The number of aliphatic imine (C=N–C) groups is 2. The monoisotopic (exact) mass is 695 g/mol. The average molecular weight is 696 g/mol. The number of anilines is 3. The number of amides is 2. The molecule has 270 valence electrons. The summed E-state index contributed by atoms with van der Waals surface area (Å²) < 4.78 is 5.62. The number of hydrogen-bond donors (Lipinski definition) is 3. The lowest BCUT2D eigenvalue weighted by atomic mass is 10.1. The molecule has 2 aliphatic rings. The highest BCUT2D eigenvalue weighted by atomic mass is 16.5. The maximum absolute atomic E-state index is 13.8. The van der Waals surface area contributed by atoms with E-state index in [1.54, 1.807) is 42.4 Å². The largest absolute Gasteiger partial charge is 0.475 e. The number of piperazine rings is 1. The van der Waals surface area contributed by atoms with E-state index in [-0.39, 0.29) is 47.8 Å². The number of hydrogen-bond acceptors (Lipinski definition) is 10. The van der Waals surface area contributed by atoms with Crippen LogP contribution in [0.2, 0.25) is 0 Å². The van der Waals surface area contributed by atoms with Crippen molar-refractivity contribution >= 4 is 46.9 Å². The fraction of sp³-hybridized carbons (Fsp3) is 0.432. The van der Waals surface area contributed by atoms with E-state index in [1.165, 1.54) is 6.34 Å². The third kappa shape index (κ3) is 8.87. The van der Waals surface area contributed by atoms with Gasteiger partial charge in [0.2, 0.25) is 17.7 Å². The van der Waals surface area contributed by atoms with Gasteiger partial charge in [0.25, 0.3) is 0 Å². The molecule has 0 spiro atoms. The Labute approximate surface area is 299 Å². The van der Waals surface area contributed by atoms with E-state index < -0.39 is 0 Å². The molecule has 4 heterocycles. The number of ether oxygens (including phenoxy) is 1. The maximum atomic E-state index is 13.8. The molecule has 14 heteroatoms. The third-order valence-electron chi connectivity index (χ3n) is 9.16.